The molecule has 0 saturated carbocycles. The van der Waals surface area contributed by atoms with Crippen LogP contribution in [0.1, 0.15) is 48.1 Å². The zero-order chi connectivity index (χ0) is 30.2. The summed E-state index contributed by atoms with van der Waals surface area (Å²) in [6.07, 6.45) is 0.0808. The molecule has 1 heterocycles. The van der Waals surface area contributed by atoms with Crippen LogP contribution in [0.25, 0.3) is 0 Å². The first-order valence-corrected chi connectivity index (χ1v) is 14.8. The number of nitrogens with zero attached hydrogens (tertiary/aromatic N) is 2. The molecule has 2 amide bonds. The number of benzene rings is 4. The minimum Gasteiger partial charge on any atom is -0.378 e. The Morgan fingerprint density at radius 1 is 0.837 bits per heavy atom. The minimum atomic E-state index is -0.990. The number of carbonyl (C=O) groups excluding carboxylic acids is 2. The largest absolute Gasteiger partial charge is 0.378 e. The van der Waals surface area contributed by atoms with Crippen LogP contribution in [0.3, 0.4) is 0 Å². The predicted octanol–water partition coefficient (Wildman–Crippen LogP) is 6.74. The molecule has 0 aromatic heterocycles. The highest BCUT2D eigenvalue weighted by Crippen LogP contribution is 2.29. The molecule has 0 aliphatic carbocycles. The van der Waals surface area contributed by atoms with Gasteiger partial charge in [0.05, 0.1) is 19.6 Å². The molecule has 1 aliphatic heterocycles. The maximum atomic E-state index is 14.9. The highest BCUT2D eigenvalue weighted by Gasteiger charge is 2.32. The molecule has 1 unspecified atom stereocenters. The first-order valence-electron chi connectivity index (χ1n) is 14.8. The average Bonchev–Trinajstić information content (AvgIpc) is 3.03. The molecule has 1 aliphatic rings. The number of hydrogen-bond acceptors (Lipinski definition) is 4. The molecule has 1 atom stereocenters. The molecule has 1 saturated heterocycles. The Morgan fingerprint density at radius 3 is 2.12 bits per heavy atom. The third-order valence-electron chi connectivity index (χ3n) is 7.81. The van der Waals surface area contributed by atoms with Crippen LogP contribution in [0, 0.1) is 5.82 Å². The van der Waals surface area contributed by atoms with Gasteiger partial charge < -0.3 is 19.9 Å². The van der Waals surface area contributed by atoms with Crippen LogP contribution in [0.2, 0.25) is 0 Å². The van der Waals surface area contributed by atoms with Gasteiger partial charge in [-0.2, -0.15) is 0 Å². The van der Waals surface area contributed by atoms with Crippen LogP contribution < -0.4 is 10.2 Å². The zero-order valence-electron chi connectivity index (χ0n) is 24.7. The van der Waals surface area contributed by atoms with E-state index in [2.05, 4.69) is 24.1 Å². The van der Waals surface area contributed by atoms with E-state index in [1.165, 1.54) is 11.0 Å². The second kappa shape index (κ2) is 14.1. The van der Waals surface area contributed by atoms with Crippen LogP contribution in [0.5, 0.6) is 0 Å². The number of halogens is 1. The third-order valence-corrected chi connectivity index (χ3v) is 7.81. The normalized spacial score (nSPS) is 13.9. The molecule has 5 rings (SSSR count). The van der Waals surface area contributed by atoms with E-state index < -0.39 is 11.9 Å². The second-order valence-corrected chi connectivity index (χ2v) is 11.1. The van der Waals surface area contributed by atoms with Crippen molar-refractivity contribution < 1.29 is 18.7 Å². The fraction of sp³-hybridized carbons (Fsp3) is 0.278. The predicted molar refractivity (Wildman–Crippen MR) is 168 cm³/mol. The van der Waals surface area contributed by atoms with E-state index in [-0.39, 0.29) is 24.8 Å². The number of amides is 2. The van der Waals surface area contributed by atoms with Crippen molar-refractivity contribution in [3.63, 3.8) is 0 Å². The lowest BCUT2D eigenvalue weighted by Gasteiger charge is -2.32. The fourth-order valence-corrected chi connectivity index (χ4v) is 5.33. The van der Waals surface area contributed by atoms with Crippen LogP contribution >= 0.6 is 0 Å². The van der Waals surface area contributed by atoms with Crippen LogP contribution in [0.4, 0.5) is 15.8 Å². The Labute approximate surface area is 253 Å². The first-order chi connectivity index (χ1) is 20.9. The summed E-state index contributed by atoms with van der Waals surface area (Å²) >= 11 is 0. The van der Waals surface area contributed by atoms with Crippen LogP contribution in [-0.2, 0) is 27.3 Å². The van der Waals surface area contributed by atoms with Gasteiger partial charge in [-0.3, -0.25) is 9.59 Å². The van der Waals surface area contributed by atoms with E-state index in [1.807, 2.05) is 78.9 Å². The molecule has 7 heteroatoms. The molecule has 1 fully saturated rings. The summed E-state index contributed by atoms with van der Waals surface area (Å²) in [6, 6.07) is 30.2. The van der Waals surface area contributed by atoms with E-state index in [9.17, 15) is 14.0 Å². The van der Waals surface area contributed by atoms with Crippen molar-refractivity contribution in [3.8, 4) is 0 Å². The Kier molecular flexibility index (Phi) is 9.84. The monoisotopic (exact) mass is 579 g/mol. The molecule has 0 bridgehead atoms. The summed E-state index contributed by atoms with van der Waals surface area (Å²) in [5, 5.41) is 3.04. The smallest absolute Gasteiger partial charge is 0.251 e. The van der Waals surface area contributed by atoms with E-state index in [0.717, 1.165) is 29.9 Å². The third kappa shape index (κ3) is 7.67. The van der Waals surface area contributed by atoms with Crippen molar-refractivity contribution in [2.75, 3.05) is 36.5 Å². The number of hydrogen-bond donors (Lipinski definition) is 1. The van der Waals surface area contributed by atoms with Crippen molar-refractivity contribution in [3.05, 3.63) is 131 Å². The lowest BCUT2D eigenvalue weighted by atomic mass is 9.97. The number of carbonyl (C=O) groups is 2. The van der Waals surface area contributed by atoms with Gasteiger partial charge in [-0.25, -0.2) is 4.39 Å². The standard InChI is InChI=1S/C36H38FN3O3/c1-26(2)28-12-14-29(15-13-28)35(36(42)38-31-16-18-32(19-17-31)39-20-22-43-23-21-39)40(25-30-10-6-7-11-33(30)37)34(41)24-27-8-4-3-5-9-27/h3-19,26,35H,20-25H2,1-2H3,(H,38,42). The average molecular weight is 580 g/mol. The van der Waals surface area contributed by atoms with Crippen molar-refractivity contribution in [1.82, 2.24) is 4.90 Å². The van der Waals surface area contributed by atoms with Gasteiger partial charge >= 0.3 is 0 Å². The molecule has 0 radical (unpaired) electrons. The van der Waals surface area contributed by atoms with Crippen molar-refractivity contribution in [2.24, 2.45) is 0 Å². The fourth-order valence-electron chi connectivity index (χ4n) is 5.33. The maximum absolute atomic E-state index is 14.9. The van der Waals surface area contributed by atoms with Gasteiger partial charge in [-0.15, -0.1) is 0 Å². The number of rotatable bonds is 10. The number of anilines is 2. The summed E-state index contributed by atoms with van der Waals surface area (Å²) in [5.74, 6) is -0.757. The lowest BCUT2D eigenvalue weighted by Crippen LogP contribution is -2.42. The van der Waals surface area contributed by atoms with E-state index in [4.69, 9.17) is 4.74 Å². The highest BCUT2D eigenvalue weighted by molar-refractivity contribution is 5.98. The SMILES string of the molecule is CC(C)c1ccc(C(C(=O)Nc2ccc(N3CCOCC3)cc2)N(Cc2ccccc2F)C(=O)Cc2ccccc2)cc1. The molecule has 222 valence electrons. The molecule has 43 heavy (non-hydrogen) atoms. The van der Waals surface area contributed by atoms with Crippen LogP contribution in [0.15, 0.2) is 103 Å². The number of ether oxygens (including phenoxy) is 1. The molecule has 0 spiro atoms. The maximum Gasteiger partial charge on any atom is 0.251 e. The lowest BCUT2D eigenvalue weighted by molar-refractivity contribution is -0.139. The molecule has 1 N–H and O–H groups in total. The highest BCUT2D eigenvalue weighted by atomic mass is 19.1. The minimum absolute atomic E-state index is 0.0572. The molecule has 6 nitrogen and oxygen atoms in total. The molecule has 4 aromatic rings. The van der Waals surface area contributed by atoms with Crippen molar-refractivity contribution in [1.29, 1.82) is 0 Å². The first kappa shape index (κ1) is 30.0. The van der Waals surface area contributed by atoms with Gasteiger partial charge in [-0.05, 0) is 52.9 Å². The van der Waals surface area contributed by atoms with Gasteiger partial charge in [0.15, 0.2) is 0 Å². The molecular formula is C36H38FN3O3. The van der Waals surface area contributed by atoms with Gasteiger partial charge in [0.25, 0.3) is 5.91 Å². The number of nitrogens with one attached hydrogen (secondary N) is 1. The Hall–Kier alpha value is -4.49. The van der Waals surface area contributed by atoms with Gasteiger partial charge in [-0.1, -0.05) is 86.6 Å². The van der Waals surface area contributed by atoms with E-state index >= 15 is 0 Å². The second-order valence-electron chi connectivity index (χ2n) is 11.1. The topological polar surface area (TPSA) is 61.9 Å². The molecule has 4 aromatic carbocycles. The van der Waals surface area contributed by atoms with Gasteiger partial charge in [0.1, 0.15) is 11.9 Å². The van der Waals surface area contributed by atoms with E-state index in [0.29, 0.717) is 35.9 Å². The Morgan fingerprint density at radius 2 is 1.47 bits per heavy atom. The zero-order valence-corrected chi connectivity index (χ0v) is 24.7. The van der Waals surface area contributed by atoms with Crippen molar-refractivity contribution in [2.45, 2.75) is 38.8 Å². The summed E-state index contributed by atoms with van der Waals surface area (Å²) in [5.41, 5.74) is 4.62. The summed E-state index contributed by atoms with van der Waals surface area (Å²) in [4.78, 5) is 31.9. The molecular weight excluding hydrogens is 541 g/mol. The van der Waals surface area contributed by atoms with Crippen LogP contribution in [-0.4, -0.2) is 43.0 Å². The summed E-state index contributed by atoms with van der Waals surface area (Å²) in [7, 11) is 0. The van der Waals surface area contributed by atoms with Gasteiger partial charge in [0, 0.05) is 36.6 Å². The quantitative estimate of drug-likeness (QED) is 0.226. The van der Waals surface area contributed by atoms with Gasteiger partial charge in [0.2, 0.25) is 5.91 Å². The summed E-state index contributed by atoms with van der Waals surface area (Å²) in [6.45, 7) is 7.15. The van der Waals surface area contributed by atoms with Crippen molar-refractivity contribution >= 4 is 23.2 Å². The number of morpholine rings is 1. The van der Waals surface area contributed by atoms with E-state index in [1.54, 1.807) is 18.2 Å². The Bertz CT molecular complexity index is 1500. The Balaban J connectivity index is 1.49. The summed E-state index contributed by atoms with van der Waals surface area (Å²) < 4.78 is 20.4.